The second kappa shape index (κ2) is 8.17. The first kappa shape index (κ1) is 18.2. The van der Waals surface area contributed by atoms with Gasteiger partial charge in [0, 0.05) is 36.5 Å². The number of halogens is 2. The van der Waals surface area contributed by atoms with E-state index in [9.17, 15) is 14.0 Å². The smallest absolute Gasteiger partial charge is 0.225 e. The van der Waals surface area contributed by atoms with E-state index in [0.717, 1.165) is 25.7 Å². The third-order valence-corrected chi connectivity index (χ3v) is 5.70. The summed E-state index contributed by atoms with van der Waals surface area (Å²) < 4.78 is 13.0. The van der Waals surface area contributed by atoms with E-state index in [1.807, 2.05) is 4.90 Å². The minimum atomic E-state index is -0.389. The molecule has 0 radical (unpaired) electrons. The molecular weight excluding hydrogens is 343 g/mol. The maximum atomic E-state index is 13.0. The van der Waals surface area contributed by atoms with Crippen LogP contribution in [0.1, 0.15) is 44.1 Å². The number of nitrogens with zero attached hydrogens (tertiary/aromatic N) is 1. The Kier molecular flexibility index (Phi) is 5.94. The lowest BCUT2D eigenvalue weighted by molar-refractivity contribution is -0.139. The van der Waals surface area contributed by atoms with Crippen LogP contribution in [-0.2, 0) is 16.1 Å². The highest BCUT2D eigenvalue weighted by molar-refractivity contribution is 6.31. The Balaban J connectivity index is 1.45. The zero-order chi connectivity index (χ0) is 17.8. The molecule has 1 heterocycles. The zero-order valence-electron chi connectivity index (χ0n) is 14.3. The van der Waals surface area contributed by atoms with E-state index in [2.05, 4.69) is 5.32 Å². The van der Waals surface area contributed by atoms with Crippen LogP contribution in [-0.4, -0.2) is 29.8 Å². The topological polar surface area (TPSA) is 49.4 Å². The van der Waals surface area contributed by atoms with Crippen LogP contribution in [0.4, 0.5) is 4.39 Å². The second-order valence-electron chi connectivity index (χ2n) is 7.03. The fourth-order valence-corrected chi connectivity index (χ4v) is 4.02. The van der Waals surface area contributed by atoms with Gasteiger partial charge in [0.05, 0.1) is 0 Å². The van der Waals surface area contributed by atoms with E-state index >= 15 is 0 Å². The molecule has 0 atom stereocenters. The number of hydrogen-bond donors (Lipinski definition) is 1. The Hall–Kier alpha value is -1.62. The summed E-state index contributed by atoms with van der Waals surface area (Å²) in [6.45, 7) is 1.61. The maximum absolute atomic E-state index is 13.0. The average Bonchev–Trinajstić information content (AvgIpc) is 3.15. The summed E-state index contributed by atoms with van der Waals surface area (Å²) >= 11 is 5.98. The minimum Gasteiger partial charge on any atom is -0.352 e. The largest absolute Gasteiger partial charge is 0.352 e. The first-order valence-corrected chi connectivity index (χ1v) is 9.43. The van der Waals surface area contributed by atoms with Crippen LogP contribution in [0.3, 0.4) is 0 Å². The molecule has 1 aliphatic carbocycles. The lowest BCUT2D eigenvalue weighted by Crippen LogP contribution is -2.44. The number of benzene rings is 1. The maximum Gasteiger partial charge on any atom is 0.225 e. The van der Waals surface area contributed by atoms with Crippen LogP contribution in [0.5, 0.6) is 0 Å². The quantitative estimate of drug-likeness (QED) is 0.886. The number of carbonyl (C=O) groups is 2. The van der Waals surface area contributed by atoms with E-state index in [1.54, 1.807) is 6.07 Å². The molecule has 1 N–H and O–H groups in total. The molecule has 1 aliphatic heterocycles. The Morgan fingerprint density at radius 1 is 1.12 bits per heavy atom. The molecule has 136 valence electrons. The fraction of sp³-hybridized carbons (Fsp3) is 0.579. The van der Waals surface area contributed by atoms with Crippen LogP contribution in [0.25, 0.3) is 0 Å². The second-order valence-corrected chi connectivity index (χ2v) is 7.44. The molecule has 0 bridgehead atoms. The number of carbonyl (C=O) groups excluding carboxylic acids is 2. The first-order valence-electron chi connectivity index (χ1n) is 9.05. The van der Waals surface area contributed by atoms with Gasteiger partial charge in [0.15, 0.2) is 0 Å². The van der Waals surface area contributed by atoms with Gasteiger partial charge in [-0.25, -0.2) is 4.39 Å². The van der Waals surface area contributed by atoms with Crippen LogP contribution in [0.2, 0.25) is 5.02 Å². The summed E-state index contributed by atoms with van der Waals surface area (Å²) in [5.74, 6) is -0.0139. The normalized spacial score (nSPS) is 19.2. The molecule has 1 aromatic rings. The van der Waals surface area contributed by atoms with Gasteiger partial charge in [-0.1, -0.05) is 30.5 Å². The summed E-state index contributed by atoms with van der Waals surface area (Å²) in [5.41, 5.74) is 0.699. The zero-order valence-corrected chi connectivity index (χ0v) is 15.0. The highest BCUT2D eigenvalue weighted by Gasteiger charge is 2.31. The van der Waals surface area contributed by atoms with Crippen molar-refractivity contribution in [2.45, 2.75) is 45.1 Å². The van der Waals surface area contributed by atoms with Crippen molar-refractivity contribution in [3.05, 3.63) is 34.6 Å². The van der Waals surface area contributed by atoms with Crippen LogP contribution in [0, 0.1) is 17.7 Å². The number of likely N-dealkylation sites (tertiary alicyclic amines) is 1. The molecule has 1 saturated heterocycles. The standard InChI is InChI=1S/C19H24ClFN2O2/c20-17-11-16(21)6-5-15(17)12-22-18(24)13-7-9-23(10-8-13)19(25)14-3-1-2-4-14/h5-6,11,13-14H,1-4,7-10,12H2,(H,22,24). The Labute approximate surface area is 152 Å². The summed E-state index contributed by atoms with van der Waals surface area (Å²) in [6, 6.07) is 4.16. The van der Waals surface area contributed by atoms with Gasteiger partial charge in [-0.3, -0.25) is 9.59 Å². The van der Waals surface area contributed by atoms with Gasteiger partial charge in [0.2, 0.25) is 11.8 Å². The monoisotopic (exact) mass is 366 g/mol. The summed E-state index contributed by atoms with van der Waals surface area (Å²) in [7, 11) is 0. The highest BCUT2D eigenvalue weighted by atomic mass is 35.5. The van der Waals surface area contributed by atoms with E-state index in [-0.39, 0.29) is 29.5 Å². The number of piperidine rings is 1. The molecule has 3 rings (SSSR count). The molecule has 0 aromatic heterocycles. The minimum absolute atomic E-state index is 0.0200. The molecule has 0 spiro atoms. The molecule has 1 saturated carbocycles. The van der Waals surface area contributed by atoms with Gasteiger partial charge in [0.25, 0.3) is 0 Å². The van der Waals surface area contributed by atoms with Crippen molar-refractivity contribution in [1.29, 1.82) is 0 Å². The Morgan fingerprint density at radius 3 is 2.44 bits per heavy atom. The fourth-order valence-electron chi connectivity index (χ4n) is 3.78. The summed E-state index contributed by atoms with van der Waals surface area (Å²) in [5, 5.41) is 3.20. The predicted molar refractivity (Wildman–Crippen MR) is 94.5 cm³/mol. The molecule has 2 amide bonds. The van der Waals surface area contributed by atoms with E-state index < -0.39 is 0 Å². The van der Waals surface area contributed by atoms with Crippen LogP contribution >= 0.6 is 11.6 Å². The van der Waals surface area contributed by atoms with Crippen LogP contribution < -0.4 is 5.32 Å². The predicted octanol–water partition coefficient (Wildman–Crippen LogP) is 3.52. The number of amides is 2. The number of hydrogen-bond acceptors (Lipinski definition) is 2. The third-order valence-electron chi connectivity index (χ3n) is 5.35. The van der Waals surface area contributed by atoms with E-state index in [1.165, 1.54) is 12.1 Å². The van der Waals surface area contributed by atoms with Gasteiger partial charge < -0.3 is 10.2 Å². The van der Waals surface area contributed by atoms with Gasteiger partial charge in [-0.15, -0.1) is 0 Å². The van der Waals surface area contributed by atoms with E-state index in [4.69, 9.17) is 11.6 Å². The van der Waals surface area contributed by atoms with Gasteiger partial charge in [0.1, 0.15) is 5.82 Å². The molecule has 2 aliphatic rings. The lowest BCUT2D eigenvalue weighted by atomic mass is 9.94. The molecule has 4 nitrogen and oxygen atoms in total. The van der Waals surface area contributed by atoms with Crippen molar-refractivity contribution in [3.63, 3.8) is 0 Å². The van der Waals surface area contributed by atoms with Crippen molar-refractivity contribution < 1.29 is 14.0 Å². The highest BCUT2D eigenvalue weighted by Crippen LogP contribution is 2.28. The van der Waals surface area contributed by atoms with Crippen molar-refractivity contribution in [2.75, 3.05) is 13.1 Å². The average molecular weight is 367 g/mol. The molecule has 6 heteroatoms. The molecular formula is C19H24ClFN2O2. The molecule has 0 unspecified atom stereocenters. The molecule has 25 heavy (non-hydrogen) atoms. The van der Waals surface area contributed by atoms with Crippen molar-refractivity contribution in [3.8, 4) is 0 Å². The van der Waals surface area contributed by atoms with Gasteiger partial charge in [-0.2, -0.15) is 0 Å². The lowest BCUT2D eigenvalue weighted by Gasteiger charge is -2.33. The van der Waals surface area contributed by atoms with Crippen LogP contribution in [0.15, 0.2) is 18.2 Å². The first-order chi connectivity index (χ1) is 12.0. The molecule has 1 aromatic carbocycles. The van der Waals surface area contributed by atoms with Gasteiger partial charge >= 0.3 is 0 Å². The SMILES string of the molecule is O=C(NCc1ccc(F)cc1Cl)C1CCN(C(=O)C2CCCC2)CC1. The van der Waals surface area contributed by atoms with E-state index in [0.29, 0.717) is 43.1 Å². The third kappa shape index (κ3) is 4.51. The number of rotatable bonds is 4. The van der Waals surface area contributed by atoms with Crippen molar-refractivity contribution >= 4 is 23.4 Å². The summed E-state index contributed by atoms with van der Waals surface area (Å²) in [4.78, 5) is 26.7. The molecule has 2 fully saturated rings. The van der Waals surface area contributed by atoms with Gasteiger partial charge in [-0.05, 0) is 43.4 Å². The Bertz CT molecular complexity index is 638. The van der Waals surface area contributed by atoms with Crippen molar-refractivity contribution in [1.82, 2.24) is 10.2 Å². The van der Waals surface area contributed by atoms with Crippen molar-refractivity contribution in [2.24, 2.45) is 11.8 Å². The number of nitrogens with one attached hydrogen (secondary N) is 1. The summed E-state index contributed by atoms with van der Waals surface area (Å²) in [6.07, 6.45) is 5.72. The Morgan fingerprint density at radius 2 is 1.80 bits per heavy atom.